The summed E-state index contributed by atoms with van der Waals surface area (Å²) in [5.74, 6) is 1.33. The molecule has 0 aliphatic carbocycles. The number of anilines is 1. The van der Waals surface area contributed by atoms with Crippen molar-refractivity contribution < 1.29 is 9.53 Å². The second kappa shape index (κ2) is 12.0. The average Bonchev–Trinajstić information content (AvgIpc) is 3.08. The van der Waals surface area contributed by atoms with Crippen LogP contribution < -0.4 is 10.5 Å². The molecule has 2 aliphatic heterocycles. The molecule has 2 saturated heterocycles. The van der Waals surface area contributed by atoms with Crippen molar-refractivity contribution in [2.24, 2.45) is 5.92 Å². The highest BCUT2D eigenvalue weighted by Crippen LogP contribution is 2.36. The van der Waals surface area contributed by atoms with Crippen LogP contribution in [0, 0.1) is 24.2 Å². The number of thioether (sulfide) groups is 1. The van der Waals surface area contributed by atoms with Gasteiger partial charge in [-0.3, -0.25) is 19.1 Å². The largest absolute Gasteiger partial charge is 0.382 e. The monoisotopic (exact) mass is 502 g/mol. The number of pyridine rings is 1. The molecule has 0 saturated carbocycles. The second-order valence-electron chi connectivity index (χ2n) is 8.86. The van der Waals surface area contributed by atoms with E-state index >= 15 is 0 Å². The fourth-order valence-electron chi connectivity index (χ4n) is 4.43. The second-order valence-corrected chi connectivity index (χ2v) is 10.5. The minimum absolute atomic E-state index is 0.129. The van der Waals surface area contributed by atoms with Crippen molar-refractivity contribution in [3.05, 3.63) is 31.9 Å². The van der Waals surface area contributed by atoms with Gasteiger partial charge in [0.1, 0.15) is 21.8 Å². The lowest BCUT2D eigenvalue weighted by atomic mass is 9.97. The lowest BCUT2D eigenvalue weighted by Crippen LogP contribution is -2.39. The third kappa shape index (κ3) is 5.56. The lowest BCUT2D eigenvalue weighted by Gasteiger charge is -2.35. The Labute approximate surface area is 211 Å². The molecule has 3 heterocycles. The summed E-state index contributed by atoms with van der Waals surface area (Å²) in [5, 5.41) is 9.78. The van der Waals surface area contributed by atoms with Gasteiger partial charge in [-0.25, -0.2) is 0 Å². The van der Waals surface area contributed by atoms with Crippen LogP contribution in [0.5, 0.6) is 0 Å². The maximum absolute atomic E-state index is 13.2. The van der Waals surface area contributed by atoms with E-state index in [0.717, 1.165) is 43.7 Å². The zero-order valence-electron chi connectivity index (χ0n) is 20.6. The van der Waals surface area contributed by atoms with Crippen LogP contribution in [0.2, 0.25) is 0 Å². The molecule has 0 atom stereocenters. The molecule has 184 valence electrons. The Morgan fingerprint density at radius 2 is 1.94 bits per heavy atom. The summed E-state index contributed by atoms with van der Waals surface area (Å²) in [6, 6.07) is 2.11. The first-order valence-corrected chi connectivity index (χ1v) is 13.3. The predicted molar refractivity (Wildman–Crippen MR) is 142 cm³/mol. The van der Waals surface area contributed by atoms with Gasteiger partial charge in [0.15, 0.2) is 0 Å². The minimum atomic E-state index is -0.254. The van der Waals surface area contributed by atoms with Gasteiger partial charge in [-0.2, -0.15) is 5.26 Å². The molecule has 0 aromatic carbocycles. The quantitative estimate of drug-likeness (QED) is 0.283. The number of rotatable bonds is 9. The van der Waals surface area contributed by atoms with E-state index in [2.05, 4.69) is 17.9 Å². The molecule has 1 amide bonds. The Hall–Kier alpha value is -2.15. The molecular weight excluding hydrogens is 468 g/mol. The van der Waals surface area contributed by atoms with Gasteiger partial charge in [0.05, 0.1) is 4.91 Å². The number of hydrogen-bond acceptors (Lipinski definition) is 7. The predicted octanol–water partition coefficient (Wildman–Crippen LogP) is 4.30. The van der Waals surface area contributed by atoms with Gasteiger partial charge in [0.2, 0.25) is 0 Å². The first-order chi connectivity index (χ1) is 16.3. The summed E-state index contributed by atoms with van der Waals surface area (Å²) in [5.41, 5.74) is 1.28. The molecule has 7 nitrogen and oxygen atoms in total. The molecule has 0 unspecified atom stereocenters. The van der Waals surface area contributed by atoms with E-state index in [1.807, 2.05) is 19.9 Å². The molecule has 1 aromatic heterocycles. The van der Waals surface area contributed by atoms with Crippen LogP contribution in [-0.4, -0.2) is 52.5 Å². The zero-order valence-corrected chi connectivity index (χ0v) is 22.2. The molecule has 0 radical (unpaired) electrons. The number of hydrogen-bond donors (Lipinski definition) is 0. The summed E-state index contributed by atoms with van der Waals surface area (Å²) in [6.07, 6.45) is 5.41. The Kier molecular flexibility index (Phi) is 9.34. The summed E-state index contributed by atoms with van der Waals surface area (Å²) in [7, 11) is 0. The van der Waals surface area contributed by atoms with Crippen molar-refractivity contribution in [1.29, 1.82) is 5.26 Å². The third-order valence-corrected chi connectivity index (χ3v) is 7.78. The van der Waals surface area contributed by atoms with Crippen molar-refractivity contribution in [1.82, 2.24) is 9.47 Å². The van der Waals surface area contributed by atoms with Gasteiger partial charge in [0, 0.05) is 45.0 Å². The van der Waals surface area contributed by atoms with E-state index in [-0.39, 0.29) is 17.0 Å². The van der Waals surface area contributed by atoms with E-state index in [9.17, 15) is 14.9 Å². The molecule has 0 bridgehead atoms. The van der Waals surface area contributed by atoms with Crippen LogP contribution in [0.3, 0.4) is 0 Å². The Bertz CT molecular complexity index is 1070. The SMILES string of the molecule is CCCn1c(N2CCC(C)CC2)c(/C=C2/SC(=S)N(CCCOCC)C2=O)c(C)c(C#N)c1=O. The Balaban J connectivity index is 2.08. The summed E-state index contributed by atoms with van der Waals surface area (Å²) < 4.78 is 7.66. The molecule has 0 N–H and O–H groups in total. The number of nitrogens with zero attached hydrogens (tertiary/aromatic N) is 4. The van der Waals surface area contributed by atoms with E-state index < -0.39 is 0 Å². The number of ether oxygens (including phenoxy) is 1. The van der Waals surface area contributed by atoms with E-state index in [4.69, 9.17) is 17.0 Å². The molecule has 1 aromatic rings. The maximum atomic E-state index is 13.2. The summed E-state index contributed by atoms with van der Waals surface area (Å²) in [4.78, 5) is 30.9. The Morgan fingerprint density at radius 1 is 1.24 bits per heavy atom. The molecule has 34 heavy (non-hydrogen) atoms. The number of aromatic nitrogens is 1. The fourth-order valence-corrected chi connectivity index (χ4v) is 5.72. The molecule has 9 heteroatoms. The first kappa shape index (κ1) is 26.5. The van der Waals surface area contributed by atoms with Gasteiger partial charge in [-0.1, -0.05) is 37.8 Å². The van der Waals surface area contributed by atoms with Crippen LogP contribution in [0.1, 0.15) is 63.1 Å². The van der Waals surface area contributed by atoms with Crippen LogP contribution in [-0.2, 0) is 16.1 Å². The van der Waals surface area contributed by atoms with Gasteiger partial charge < -0.3 is 9.64 Å². The number of thiocarbonyl (C=S) groups is 1. The maximum Gasteiger partial charge on any atom is 0.270 e. The molecular formula is C25H34N4O3S2. The number of piperidine rings is 1. The Morgan fingerprint density at radius 3 is 2.56 bits per heavy atom. The van der Waals surface area contributed by atoms with E-state index in [1.165, 1.54) is 11.8 Å². The highest BCUT2D eigenvalue weighted by Gasteiger charge is 2.33. The highest BCUT2D eigenvalue weighted by atomic mass is 32.2. The smallest absolute Gasteiger partial charge is 0.270 e. The van der Waals surface area contributed by atoms with Crippen LogP contribution in [0.25, 0.3) is 6.08 Å². The van der Waals surface area contributed by atoms with Crippen molar-refractivity contribution in [3.8, 4) is 6.07 Å². The van der Waals surface area contributed by atoms with Crippen LogP contribution in [0.15, 0.2) is 9.70 Å². The van der Waals surface area contributed by atoms with Gasteiger partial charge in [-0.15, -0.1) is 0 Å². The van der Waals surface area contributed by atoms with Gasteiger partial charge in [0.25, 0.3) is 11.5 Å². The number of nitriles is 1. The van der Waals surface area contributed by atoms with Gasteiger partial charge in [-0.05, 0) is 57.1 Å². The topological polar surface area (TPSA) is 78.6 Å². The van der Waals surface area contributed by atoms with E-state index in [0.29, 0.717) is 53.4 Å². The molecule has 3 rings (SSSR count). The molecule has 0 spiro atoms. The first-order valence-electron chi connectivity index (χ1n) is 12.1. The lowest BCUT2D eigenvalue weighted by molar-refractivity contribution is -0.122. The average molecular weight is 503 g/mol. The standard InChI is InChI=1S/C25H34N4O3S2/c1-5-10-28-22(27-12-8-17(3)9-13-27)19(18(4)20(16-26)23(28)30)15-21-24(31)29(25(33)34-21)11-7-14-32-6-2/h15,17H,5-14H2,1-4H3/b21-15+. The zero-order chi connectivity index (χ0) is 24.8. The normalized spacial score (nSPS) is 18.3. The summed E-state index contributed by atoms with van der Waals surface area (Å²) in [6.45, 7) is 12.0. The van der Waals surface area contributed by atoms with Crippen molar-refractivity contribution >= 4 is 46.1 Å². The van der Waals surface area contributed by atoms with Crippen molar-refractivity contribution in [3.63, 3.8) is 0 Å². The van der Waals surface area contributed by atoms with Gasteiger partial charge >= 0.3 is 0 Å². The van der Waals surface area contributed by atoms with E-state index in [1.54, 1.807) is 16.4 Å². The van der Waals surface area contributed by atoms with Crippen molar-refractivity contribution in [2.75, 3.05) is 37.7 Å². The highest BCUT2D eigenvalue weighted by molar-refractivity contribution is 8.26. The fraction of sp³-hybridized carbons (Fsp3) is 0.600. The molecule has 2 aliphatic rings. The summed E-state index contributed by atoms with van der Waals surface area (Å²) >= 11 is 6.78. The number of amides is 1. The number of carbonyl (C=O) groups excluding carboxylic acids is 1. The number of carbonyl (C=O) groups is 1. The molecule has 2 fully saturated rings. The third-order valence-electron chi connectivity index (χ3n) is 6.40. The van der Waals surface area contributed by atoms with Crippen LogP contribution in [0.4, 0.5) is 5.82 Å². The van der Waals surface area contributed by atoms with Crippen LogP contribution >= 0.6 is 24.0 Å². The van der Waals surface area contributed by atoms with Crippen molar-refractivity contribution in [2.45, 2.75) is 59.9 Å². The minimum Gasteiger partial charge on any atom is -0.382 e.